The third kappa shape index (κ3) is 4.42. The zero-order valence-corrected chi connectivity index (χ0v) is 8.53. The van der Waals surface area contributed by atoms with Crippen molar-refractivity contribution in [3.63, 3.8) is 0 Å². The quantitative estimate of drug-likeness (QED) is 0.304. The Morgan fingerprint density at radius 2 is 0.944 bits per heavy atom. The van der Waals surface area contributed by atoms with Crippen LogP contribution in [0.4, 0.5) is 0 Å². The Morgan fingerprint density at radius 3 is 1.11 bits per heavy atom. The monoisotopic (exact) mass is 266 g/mol. The van der Waals surface area contributed by atoms with Crippen molar-refractivity contribution < 1.29 is 24.5 Å². The molecule has 0 N–H and O–H groups in total. The van der Waals surface area contributed by atoms with Gasteiger partial charge in [-0.1, -0.05) is 0 Å². The number of carbonyl (C=O) groups excluding carboxylic acids is 1. The topological polar surface area (TPSA) is 190 Å². The van der Waals surface area contributed by atoms with Crippen molar-refractivity contribution in [2.45, 2.75) is 25.2 Å². The Balaban J connectivity index is 4.67. The minimum absolute atomic E-state index is 1.24. The number of carbonyl (C=O) groups is 1. The highest BCUT2D eigenvalue weighted by Gasteiger charge is 2.41. The van der Waals surface area contributed by atoms with Gasteiger partial charge in [-0.3, -0.25) is 45.3 Å². The van der Waals surface area contributed by atoms with Crippen LogP contribution in [0.15, 0.2) is 0 Å². The molecular formula is C5H6N4O9. The van der Waals surface area contributed by atoms with E-state index >= 15 is 0 Å². The van der Waals surface area contributed by atoms with Crippen LogP contribution < -0.4 is 0 Å². The van der Waals surface area contributed by atoms with Gasteiger partial charge in [-0.2, -0.15) is 0 Å². The van der Waals surface area contributed by atoms with Crippen LogP contribution in [0.1, 0.15) is 12.8 Å². The van der Waals surface area contributed by atoms with Gasteiger partial charge in [-0.05, 0) is 0 Å². The first kappa shape index (κ1) is 15.3. The molecule has 0 aromatic carbocycles. The van der Waals surface area contributed by atoms with Gasteiger partial charge in [0.1, 0.15) is 12.8 Å². The third-order valence-corrected chi connectivity index (χ3v) is 1.79. The molecule has 13 nitrogen and oxygen atoms in total. The molecule has 0 atom stereocenters. The van der Waals surface area contributed by atoms with Crippen LogP contribution in [0.5, 0.6) is 0 Å². The van der Waals surface area contributed by atoms with Gasteiger partial charge in [-0.25, -0.2) is 0 Å². The van der Waals surface area contributed by atoms with E-state index in [4.69, 9.17) is 0 Å². The SMILES string of the molecule is O=C(CC([N+](=O)[O-])[N+](=O)[O-])CC([N+](=O)[O-])[N+](=O)[O-]. The fourth-order valence-corrected chi connectivity index (χ4v) is 0.943. The van der Waals surface area contributed by atoms with Crippen molar-refractivity contribution in [1.29, 1.82) is 0 Å². The maximum absolute atomic E-state index is 11.1. The second kappa shape index (κ2) is 6.12. The summed E-state index contributed by atoms with van der Waals surface area (Å²) >= 11 is 0. The summed E-state index contributed by atoms with van der Waals surface area (Å²) in [5, 5.41) is 40.7. The molecule has 0 aliphatic heterocycles. The predicted octanol–water partition coefficient (Wildman–Crippen LogP) is -0.905. The van der Waals surface area contributed by atoms with Crippen molar-refractivity contribution in [2.75, 3.05) is 0 Å². The molecule has 0 rings (SSSR count). The van der Waals surface area contributed by atoms with Gasteiger partial charge < -0.3 is 0 Å². The summed E-state index contributed by atoms with van der Waals surface area (Å²) in [6.45, 7) is 0. The average Bonchev–Trinajstić information content (AvgIpc) is 2.20. The first-order chi connectivity index (χ1) is 8.16. The number of hydrogen-bond acceptors (Lipinski definition) is 9. The van der Waals surface area contributed by atoms with E-state index in [9.17, 15) is 45.3 Å². The van der Waals surface area contributed by atoms with Crippen molar-refractivity contribution in [2.24, 2.45) is 0 Å². The van der Waals surface area contributed by atoms with Crippen LogP contribution in [-0.4, -0.2) is 37.8 Å². The minimum atomic E-state index is -2.46. The van der Waals surface area contributed by atoms with Crippen LogP contribution in [0, 0.1) is 40.5 Å². The fourth-order valence-electron chi connectivity index (χ4n) is 0.943. The van der Waals surface area contributed by atoms with Crippen LogP contribution in [-0.2, 0) is 4.79 Å². The molecule has 0 aromatic rings. The van der Waals surface area contributed by atoms with Gasteiger partial charge in [0, 0.05) is 0 Å². The normalized spacial score (nSPS) is 10.3. The van der Waals surface area contributed by atoms with E-state index in [0.717, 1.165) is 0 Å². The van der Waals surface area contributed by atoms with Crippen molar-refractivity contribution in [1.82, 2.24) is 0 Å². The van der Waals surface area contributed by atoms with Gasteiger partial charge in [-0.15, -0.1) is 0 Å². The number of Topliss-reactive ketones (excluding diaryl/α,β-unsaturated/α-hetero) is 1. The van der Waals surface area contributed by atoms with Gasteiger partial charge in [0.05, 0.1) is 19.7 Å². The van der Waals surface area contributed by atoms with Crippen LogP contribution in [0.3, 0.4) is 0 Å². The summed E-state index contributed by atoms with van der Waals surface area (Å²) in [6.07, 6.45) is -7.40. The average molecular weight is 266 g/mol. The first-order valence-corrected chi connectivity index (χ1v) is 4.22. The lowest BCUT2D eigenvalue weighted by Gasteiger charge is -2.02. The molecule has 0 bridgehead atoms. The number of nitro groups is 4. The van der Waals surface area contributed by atoms with Gasteiger partial charge in [0.15, 0.2) is 5.78 Å². The van der Waals surface area contributed by atoms with E-state index in [1.807, 2.05) is 0 Å². The van der Waals surface area contributed by atoms with Gasteiger partial charge in [0.25, 0.3) is 0 Å². The van der Waals surface area contributed by atoms with Gasteiger partial charge >= 0.3 is 12.3 Å². The molecule has 0 aromatic heterocycles. The Bertz CT molecular complexity index is 342. The summed E-state index contributed by atoms with van der Waals surface area (Å²) in [7, 11) is 0. The van der Waals surface area contributed by atoms with Crippen LogP contribution in [0.25, 0.3) is 0 Å². The summed E-state index contributed by atoms with van der Waals surface area (Å²) < 4.78 is 0. The van der Waals surface area contributed by atoms with Crippen molar-refractivity contribution in [3.05, 3.63) is 40.5 Å². The second-order valence-electron chi connectivity index (χ2n) is 3.05. The van der Waals surface area contributed by atoms with E-state index in [-0.39, 0.29) is 0 Å². The molecular weight excluding hydrogens is 260 g/mol. The van der Waals surface area contributed by atoms with Crippen LogP contribution >= 0.6 is 0 Å². The summed E-state index contributed by atoms with van der Waals surface area (Å²) in [6, 6.07) is 0. The second-order valence-corrected chi connectivity index (χ2v) is 3.05. The summed E-state index contributed by atoms with van der Waals surface area (Å²) in [5.74, 6) is -1.30. The highest BCUT2D eigenvalue weighted by atomic mass is 16.7. The Morgan fingerprint density at radius 1 is 0.722 bits per heavy atom. The lowest BCUT2D eigenvalue weighted by atomic mass is 10.1. The third-order valence-electron chi connectivity index (χ3n) is 1.79. The number of rotatable bonds is 8. The molecule has 13 heteroatoms. The maximum Gasteiger partial charge on any atom is 0.457 e. The van der Waals surface area contributed by atoms with E-state index in [0.29, 0.717) is 0 Å². The highest BCUT2D eigenvalue weighted by Crippen LogP contribution is 2.06. The molecule has 18 heavy (non-hydrogen) atoms. The zero-order valence-electron chi connectivity index (χ0n) is 8.53. The Hall–Kier alpha value is -2.73. The first-order valence-electron chi connectivity index (χ1n) is 4.22. The molecule has 0 fully saturated rings. The summed E-state index contributed by atoms with van der Waals surface area (Å²) in [4.78, 5) is 46.3. The van der Waals surface area contributed by atoms with E-state index in [2.05, 4.69) is 0 Å². The maximum atomic E-state index is 11.1. The summed E-state index contributed by atoms with van der Waals surface area (Å²) in [5.41, 5.74) is 0. The Kier molecular flexibility index (Phi) is 5.19. The molecule has 0 unspecified atom stereocenters. The number of hydrogen-bond donors (Lipinski definition) is 0. The molecule has 0 aliphatic rings. The van der Waals surface area contributed by atoms with Crippen molar-refractivity contribution in [3.8, 4) is 0 Å². The molecule has 0 radical (unpaired) electrons. The predicted molar refractivity (Wildman–Crippen MR) is 49.8 cm³/mol. The minimum Gasteiger partial charge on any atom is -0.298 e. The fraction of sp³-hybridized carbons (Fsp3) is 0.800. The lowest BCUT2D eigenvalue weighted by Crippen LogP contribution is -2.35. The largest absolute Gasteiger partial charge is 0.457 e. The van der Waals surface area contributed by atoms with Crippen molar-refractivity contribution >= 4 is 5.78 Å². The molecule has 100 valence electrons. The number of nitrogens with zero attached hydrogens (tertiary/aromatic N) is 4. The standard InChI is InChI=1S/C5H6N4O9/c10-3(1-4(6(11)12)7(13)14)2-5(8(15)16)9(17)18/h4-5H,1-2H2. The molecule has 0 amide bonds. The lowest BCUT2D eigenvalue weighted by molar-refractivity contribution is -0.743. The number of ketones is 1. The van der Waals surface area contributed by atoms with E-state index < -0.39 is 50.6 Å². The van der Waals surface area contributed by atoms with Crippen LogP contribution in [0.2, 0.25) is 0 Å². The van der Waals surface area contributed by atoms with Gasteiger partial charge in [0.2, 0.25) is 0 Å². The molecule has 0 saturated heterocycles. The smallest absolute Gasteiger partial charge is 0.298 e. The Labute approximate surface area is 97.0 Å². The van der Waals surface area contributed by atoms with E-state index in [1.54, 1.807) is 0 Å². The molecule has 0 aliphatic carbocycles. The van der Waals surface area contributed by atoms with E-state index in [1.165, 1.54) is 0 Å². The molecule has 0 spiro atoms. The molecule has 0 saturated carbocycles. The highest BCUT2D eigenvalue weighted by molar-refractivity contribution is 5.78. The molecule has 0 heterocycles. The zero-order chi connectivity index (χ0) is 14.5.